The van der Waals surface area contributed by atoms with Gasteiger partial charge in [-0.3, -0.25) is 19.2 Å². The Kier molecular flexibility index (Phi) is 5.10. The number of nitrogens with zero attached hydrogens (tertiary/aromatic N) is 2. The van der Waals surface area contributed by atoms with Crippen LogP contribution in [0.3, 0.4) is 0 Å². The second-order valence-corrected chi connectivity index (χ2v) is 9.93. The van der Waals surface area contributed by atoms with Gasteiger partial charge in [-0.2, -0.15) is 0 Å². The molecular weight excluding hydrogens is 488 g/mol. The number of fused-ring (bicyclic) bond motifs is 4. The molecule has 0 atom stereocenters. The lowest BCUT2D eigenvalue weighted by molar-refractivity contribution is -0.687. The van der Waals surface area contributed by atoms with Crippen molar-refractivity contribution < 1.29 is 23.7 Å². The number of benzene rings is 4. The lowest BCUT2D eigenvalue weighted by Crippen LogP contribution is -2.32. The van der Waals surface area contributed by atoms with Gasteiger partial charge < -0.3 is 0 Å². The van der Waals surface area contributed by atoms with Crippen molar-refractivity contribution in [1.29, 1.82) is 0 Å². The predicted octanol–water partition coefficient (Wildman–Crippen LogP) is 4.42. The van der Waals surface area contributed by atoms with Gasteiger partial charge in [-0.15, -0.1) is 0 Å². The summed E-state index contributed by atoms with van der Waals surface area (Å²) in [7, 11) is 0. The minimum atomic E-state index is -0.132. The van der Waals surface area contributed by atoms with E-state index in [9.17, 15) is 19.2 Å². The highest BCUT2D eigenvalue weighted by atomic mass is 16.1. The van der Waals surface area contributed by atoms with Crippen LogP contribution in [0.25, 0.3) is 0 Å². The molecule has 7 rings (SSSR count). The van der Waals surface area contributed by atoms with Gasteiger partial charge in [-0.1, -0.05) is 60.7 Å². The first-order chi connectivity index (χ1) is 19.0. The zero-order valence-corrected chi connectivity index (χ0v) is 20.8. The van der Waals surface area contributed by atoms with Gasteiger partial charge in [0.15, 0.2) is 23.1 Å². The number of hydrogen-bond donors (Lipinski definition) is 0. The molecule has 4 aromatic carbocycles. The molecule has 2 aliphatic carbocycles. The molecule has 1 aromatic heterocycles. The molecule has 1 heterocycles. The number of aromatic nitrogens is 2. The second-order valence-electron chi connectivity index (χ2n) is 9.93. The molecule has 0 fully saturated rings. The number of imidazole rings is 1. The largest absolute Gasteiger partial charge is 0.289 e. The molecule has 6 nitrogen and oxygen atoms in total. The molecule has 6 heteroatoms. The summed E-state index contributed by atoms with van der Waals surface area (Å²) < 4.78 is 3.99. The van der Waals surface area contributed by atoms with E-state index in [4.69, 9.17) is 0 Å². The third-order valence-corrected chi connectivity index (χ3v) is 7.46. The molecule has 186 valence electrons. The third-order valence-electron chi connectivity index (χ3n) is 7.46. The van der Waals surface area contributed by atoms with Gasteiger partial charge in [0, 0.05) is 44.5 Å². The molecule has 2 aliphatic rings. The van der Waals surface area contributed by atoms with Crippen LogP contribution in [-0.2, 0) is 13.1 Å². The Morgan fingerprint density at radius 1 is 0.513 bits per heavy atom. The summed E-state index contributed by atoms with van der Waals surface area (Å²) in [5, 5.41) is 0. The van der Waals surface area contributed by atoms with Crippen molar-refractivity contribution in [2.24, 2.45) is 0 Å². The minimum absolute atomic E-state index is 0.126. The van der Waals surface area contributed by atoms with Gasteiger partial charge in [-0.25, -0.2) is 9.13 Å². The third kappa shape index (κ3) is 3.68. The summed E-state index contributed by atoms with van der Waals surface area (Å²) in [6, 6.07) is 24.7. The Morgan fingerprint density at radius 2 is 0.949 bits per heavy atom. The first-order valence-corrected chi connectivity index (χ1v) is 12.7. The highest BCUT2D eigenvalue weighted by Crippen LogP contribution is 2.29. The topological polar surface area (TPSA) is 77.1 Å². The van der Waals surface area contributed by atoms with Crippen LogP contribution in [0.5, 0.6) is 0 Å². The molecule has 0 bridgehead atoms. The van der Waals surface area contributed by atoms with Crippen LogP contribution >= 0.6 is 0 Å². The van der Waals surface area contributed by atoms with E-state index < -0.39 is 0 Å². The number of carbonyl (C=O) groups is 4. The van der Waals surface area contributed by atoms with Crippen molar-refractivity contribution >= 4 is 23.1 Å². The number of rotatable bonds is 4. The van der Waals surface area contributed by atoms with E-state index >= 15 is 0 Å². The van der Waals surface area contributed by atoms with E-state index in [1.165, 1.54) is 0 Å². The van der Waals surface area contributed by atoms with Crippen LogP contribution in [0.2, 0.25) is 0 Å². The molecule has 0 spiro atoms. The summed E-state index contributed by atoms with van der Waals surface area (Å²) in [5.74, 6) is -0.515. The fourth-order valence-corrected chi connectivity index (χ4v) is 5.54. The van der Waals surface area contributed by atoms with Gasteiger partial charge in [0.2, 0.25) is 6.33 Å². The fraction of sp³-hybridized carbons (Fsp3) is 0.0606. The molecule has 0 aliphatic heterocycles. The van der Waals surface area contributed by atoms with Crippen LogP contribution in [0.15, 0.2) is 104 Å². The summed E-state index contributed by atoms with van der Waals surface area (Å²) >= 11 is 0. The maximum atomic E-state index is 13.1. The van der Waals surface area contributed by atoms with Gasteiger partial charge in [0.05, 0.1) is 0 Å². The van der Waals surface area contributed by atoms with E-state index in [0.29, 0.717) is 57.6 Å². The Morgan fingerprint density at radius 3 is 1.49 bits per heavy atom. The van der Waals surface area contributed by atoms with Crippen LogP contribution < -0.4 is 4.57 Å². The van der Waals surface area contributed by atoms with Crippen molar-refractivity contribution in [3.8, 4) is 0 Å². The van der Waals surface area contributed by atoms with Gasteiger partial charge in [-0.05, 0) is 35.4 Å². The van der Waals surface area contributed by atoms with Gasteiger partial charge in [0.1, 0.15) is 25.5 Å². The molecular formula is C33H21N2O4+. The van der Waals surface area contributed by atoms with E-state index in [0.717, 1.165) is 11.1 Å². The van der Waals surface area contributed by atoms with E-state index in [1.807, 2.05) is 40.0 Å². The zero-order valence-electron chi connectivity index (χ0n) is 20.8. The Bertz CT molecular complexity index is 1760. The van der Waals surface area contributed by atoms with E-state index in [2.05, 4.69) is 0 Å². The quantitative estimate of drug-likeness (QED) is 0.329. The molecule has 0 amide bonds. The van der Waals surface area contributed by atoms with Crippen molar-refractivity contribution in [1.82, 2.24) is 4.57 Å². The van der Waals surface area contributed by atoms with E-state index in [-0.39, 0.29) is 23.1 Å². The van der Waals surface area contributed by atoms with Crippen LogP contribution in [-0.4, -0.2) is 27.7 Å². The van der Waals surface area contributed by atoms with Gasteiger partial charge in [0.25, 0.3) is 0 Å². The molecule has 0 N–H and O–H groups in total. The maximum absolute atomic E-state index is 13.1. The van der Waals surface area contributed by atoms with Crippen molar-refractivity contribution in [2.75, 3.05) is 0 Å². The van der Waals surface area contributed by atoms with Crippen molar-refractivity contribution in [3.63, 3.8) is 0 Å². The van der Waals surface area contributed by atoms with Crippen LogP contribution in [0, 0.1) is 0 Å². The average Bonchev–Trinajstić information content (AvgIpc) is 3.41. The summed E-state index contributed by atoms with van der Waals surface area (Å²) in [6.45, 7) is 1.05. The SMILES string of the molecule is O=C1c2ccccc2C(=O)c2cc(Cn3cc[n+](Cc4ccc5c(c4)C(=O)c4ccccc4C5=O)c3)ccc21. The van der Waals surface area contributed by atoms with Gasteiger partial charge >= 0.3 is 0 Å². The van der Waals surface area contributed by atoms with Crippen LogP contribution in [0.1, 0.15) is 74.8 Å². The standard InChI is InChI=1S/C33H21N2O4/c36-30-22-5-1-3-7-24(22)32(38)28-15-20(9-11-26(28)30)17-34-13-14-35(19-34)18-21-10-12-27-29(16-21)33(39)25-8-4-2-6-23(25)31(27)37/h1-16,19H,17-18H2/q+1. The van der Waals surface area contributed by atoms with Crippen molar-refractivity contribution in [3.05, 3.63) is 159 Å². The maximum Gasteiger partial charge on any atom is 0.244 e. The Hall–Kier alpha value is -5.23. The molecule has 0 radical (unpaired) electrons. The number of ketones is 4. The lowest BCUT2D eigenvalue weighted by Gasteiger charge is -2.17. The number of hydrogen-bond acceptors (Lipinski definition) is 4. The molecule has 39 heavy (non-hydrogen) atoms. The molecule has 5 aromatic rings. The first kappa shape index (κ1) is 22.9. The van der Waals surface area contributed by atoms with E-state index in [1.54, 1.807) is 72.8 Å². The zero-order chi connectivity index (χ0) is 26.7. The Balaban J connectivity index is 1.12. The first-order valence-electron chi connectivity index (χ1n) is 12.7. The minimum Gasteiger partial charge on any atom is -0.289 e. The summed E-state index contributed by atoms with van der Waals surface area (Å²) in [6.07, 6.45) is 5.82. The smallest absolute Gasteiger partial charge is 0.244 e. The highest BCUT2D eigenvalue weighted by molar-refractivity contribution is 6.29. The monoisotopic (exact) mass is 509 g/mol. The molecule has 0 unspecified atom stereocenters. The Labute approximate surface area is 223 Å². The highest BCUT2D eigenvalue weighted by Gasteiger charge is 2.30. The summed E-state index contributed by atoms with van der Waals surface area (Å²) in [4.78, 5) is 51.9. The number of carbonyl (C=O) groups excluding carboxylic acids is 4. The second kappa shape index (κ2) is 8.67. The lowest BCUT2D eigenvalue weighted by atomic mass is 9.83. The fourth-order valence-electron chi connectivity index (χ4n) is 5.54. The molecule has 0 saturated carbocycles. The van der Waals surface area contributed by atoms with Crippen molar-refractivity contribution in [2.45, 2.75) is 13.1 Å². The van der Waals surface area contributed by atoms with Crippen LogP contribution in [0.4, 0.5) is 0 Å². The predicted molar refractivity (Wildman–Crippen MR) is 142 cm³/mol. The normalized spacial score (nSPS) is 13.5. The average molecular weight is 510 g/mol. The summed E-state index contributed by atoms with van der Waals surface area (Å²) in [5.41, 5.74) is 5.36. The molecule has 0 saturated heterocycles.